The van der Waals surface area contributed by atoms with Gasteiger partial charge in [0.2, 0.25) is 10.0 Å². The molecule has 0 aliphatic heterocycles. The van der Waals surface area contributed by atoms with Gasteiger partial charge in [0.25, 0.3) is 0 Å². The quantitative estimate of drug-likeness (QED) is 0.892. The van der Waals surface area contributed by atoms with E-state index in [2.05, 4.69) is 28.1 Å². The first-order valence-electron chi connectivity index (χ1n) is 7.26. The van der Waals surface area contributed by atoms with Gasteiger partial charge < -0.3 is 4.57 Å². The summed E-state index contributed by atoms with van der Waals surface area (Å²) in [5.41, 5.74) is 2.91. The van der Waals surface area contributed by atoms with Crippen LogP contribution in [0.25, 0.3) is 11.0 Å². The standard InChI is InChI=1S/C15H23N3O2S/c1-5-8-21(19,20)16-10-12-6-7-14-13(9-12)17-15(11(2)3)18(14)4/h6-7,9,11,16H,5,8,10H2,1-4H3. The third kappa shape index (κ3) is 3.63. The van der Waals surface area contributed by atoms with Crippen molar-refractivity contribution in [3.8, 4) is 0 Å². The Bertz CT molecular complexity index is 733. The fourth-order valence-corrected chi connectivity index (χ4v) is 3.49. The molecule has 6 heteroatoms. The number of aryl methyl sites for hydroxylation is 1. The predicted molar refractivity (Wildman–Crippen MR) is 85.7 cm³/mol. The van der Waals surface area contributed by atoms with E-state index in [0.717, 1.165) is 22.4 Å². The lowest BCUT2D eigenvalue weighted by atomic mass is 10.2. The number of fused-ring (bicyclic) bond motifs is 1. The van der Waals surface area contributed by atoms with Gasteiger partial charge in [-0.05, 0) is 24.1 Å². The number of nitrogens with zero attached hydrogens (tertiary/aromatic N) is 2. The molecule has 0 unspecified atom stereocenters. The summed E-state index contributed by atoms with van der Waals surface area (Å²) in [6.07, 6.45) is 0.617. The lowest BCUT2D eigenvalue weighted by Gasteiger charge is -2.06. The van der Waals surface area contributed by atoms with Crippen LogP contribution in [-0.2, 0) is 23.6 Å². The summed E-state index contributed by atoms with van der Waals surface area (Å²) < 4.78 is 28.1. The first-order valence-corrected chi connectivity index (χ1v) is 8.92. The zero-order valence-electron chi connectivity index (χ0n) is 13.0. The van der Waals surface area contributed by atoms with Gasteiger partial charge in [0.1, 0.15) is 5.82 Å². The smallest absolute Gasteiger partial charge is 0.211 e. The van der Waals surface area contributed by atoms with Crippen molar-refractivity contribution >= 4 is 21.1 Å². The Kier molecular flexibility index (Phi) is 4.68. The monoisotopic (exact) mass is 309 g/mol. The molecule has 0 amide bonds. The highest BCUT2D eigenvalue weighted by atomic mass is 32.2. The minimum atomic E-state index is -3.18. The van der Waals surface area contributed by atoms with Crippen LogP contribution < -0.4 is 4.72 Å². The third-order valence-corrected chi connectivity index (χ3v) is 5.00. The summed E-state index contributed by atoms with van der Waals surface area (Å²) in [4.78, 5) is 4.64. The molecule has 5 nitrogen and oxygen atoms in total. The van der Waals surface area contributed by atoms with Crippen LogP contribution in [-0.4, -0.2) is 23.7 Å². The fraction of sp³-hybridized carbons (Fsp3) is 0.533. The molecule has 116 valence electrons. The van der Waals surface area contributed by atoms with Gasteiger partial charge in [0.05, 0.1) is 16.8 Å². The van der Waals surface area contributed by atoms with E-state index in [1.165, 1.54) is 0 Å². The molecule has 0 saturated heterocycles. The number of nitrogens with one attached hydrogen (secondary N) is 1. The maximum atomic E-state index is 11.7. The maximum Gasteiger partial charge on any atom is 0.211 e. The Morgan fingerprint density at radius 2 is 2.05 bits per heavy atom. The SMILES string of the molecule is CCCS(=O)(=O)NCc1ccc2c(c1)nc(C(C)C)n2C. The molecule has 2 rings (SSSR count). The second kappa shape index (κ2) is 6.15. The van der Waals surface area contributed by atoms with E-state index in [0.29, 0.717) is 18.9 Å². The van der Waals surface area contributed by atoms with E-state index in [4.69, 9.17) is 0 Å². The van der Waals surface area contributed by atoms with E-state index < -0.39 is 10.0 Å². The van der Waals surface area contributed by atoms with Crippen molar-refractivity contribution in [3.63, 3.8) is 0 Å². The van der Waals surface area contributed by atoms with Gasteiger partial charge >= 0.3 is 0 Å². The Balaban J connectivity index is 2.24. The first kappa shape index (κ1) is 16.0. The summed E-state index contributed by atoms with van der Waals surface area (Å²) in [5.74, 6) is 1.55. The number of rotatable bonds is 6. The minimum Gasteiger partial charge on any atom is -0.331 e. The normalized spacial score (nSPS) is 12.4. The summed E-state index contributed by atoms with van der Waals surface area (Å²) in [6.45, 7) is 6.39. The Morgan fingerprint density at radius 3 is 2.67 bits per heavy atom. The largest absolute Gasteiger partial charge is 0.331 e. The summed E-state index contributed by atoms with van der Waals surface area (Å²) in [5, 5.41) is 0. The van der Waals surface area contributed by atoms with Gasteiger partial charge in [-0.15, -0.1) is 0 Å². The number of benzene rings is 1. The summed E-state index contributed by atoms with van der Waals surface area (Å²) >= 11 is 0. The summed E-state index contributed by atoms with van der Waals surface area (Å²) in [6, 6.07) is 5.90. The average molecular weight is 309 g/mol. The van der Waals surface area contributed by atoms with Crippen LogP contribution in [0.1, 0.15) is 44.5 Å². The van der Waals surface area contributed by atoms with E-state index in [1.54, 1.807) is 0 Å². The zero-order chi connectivity index (χ0) is 15.6. The first-order chi connectivity index (χ1) is 9.84. The maximum absolute atomic E-state index is 11.7. The summed E-state index contributed by atoms with van der Waals surface area (Å²) in [7, 11) is -1.17. The number of imidazole rings is 1. The average Bonchev–Trinajstić information content (AvgIpc) is 2.74. The molecule has 0 atom stereocenters. The van der Waals surface area contributed by atoms with Crippen molar-refractivity contribution in [1.29, 1.82) is 0 Å². The predicted octanol–water partition coefficient (Wildman–Crippen LogP) is 2.53. The molecule has 0 spiro atoms. The Hall–Kier alpha value is -1.40. The van der Waals surface area contributed by atoms with Crippen LogP contribution >= 0.6 is 0 Å². The van der Waals surface area contributed by atoms with Gasteiger partial charge in [-0.3, -0.25) is 0 Å². The van der Waals surface area contributed by atoms with Gasteiger partial charge in [-0.2, -0.15) is 0 Å². The molecule has 0 radical (unpaired) electrons. The Labute approximate surface area is 126 Å². The molecule has 0 saturated carbocycles. The molecule has 1 heterocycles. The molecule has 1 N–H and O–H groups in total. The lowest BCUT2D eigenvalue weighted by Crippen LogP contribution is -2.25. The zero-order valence-corrected chi connectivity index (χ0v) is 13.9. The molecule has 2 aromatic rings. The molecule has 0 aliphatic rings. The molecule has 1 aromatic heterocycles. The number of aromatic nitrogens is 2. The van der Waals surface area contributed by atoms with Crippen molar-refractivity contribution in [1.82, 2.24) is 14.3 Å². The lowest BCUT2D eigenvalue weighted by molar-refractivity contribution is 0.580. The van der Waals surface area contributed by atoms with Crippen LogP contribution in [0.5, 0.6) is 0 Å². The molecule has 0 fully saturated rings. The van der Waals surface area contributed by atoms with Gasteiger partial charge in [0, 0.05) is 19.5 Å². The van der Waals surface area contributed by atoms with Crippen LogP contribution in [0.3, 0.4) is 0 Å². The second-order valence-corrected chi connectivity index (χ2v) is 7.57. The third-order valence-electron chi connectivity index (χ3n) is 3.47. The molecule has 0 aliphatic carbocycles. The molecule has 1 aromatic carbocycles. The highest BCUT2D eigenvalue weighted by Crippen LogP contribution is 2.21. The second-order valence-electron chi connectivity index (χ2n) is 5.65. The molecular formula is C15H23N3O2S. The number of hydrogen-bond acceptors (Lipinski definition) is 3. The van der Waals surface area contributed by atoms with Crippen LogP contribution in [0.15, 0.2) is 18.2 Å². The van der Waals surface area contributed by atoms with Crippen LogP contribution in [0, 0.1) is 0 Å². The van der Waals surface area contributed by atoms with Crippen molar-refractivity contribution < 1.29 is 8.42 Å². The van der Waals surface area contributed by atoms with Crippen LogP contribution in [0.2, 0.25) is 0 Å². The van der Waals surface area contributed by atoms with E-state index in [9.17, 15) is 8.42 Å². The minimum absolute atomic E-state index is 0.163. The molecule has 0 bridgehead atoms. The highest BCUT2D eigenvalue weighted by molar-refractivity contribution is 7.89. The van der Waals surface area contributed by atoms with E-state index in [1.807, 2.05) is 32.2 Å². The topological polar surface area (TPSA) is 64.0 Å². The van der Waals surface area contributed by atoms with E-state index >= 15 is 0 Å². The van der Waals surface area contributed by atoms with Crippen molar-refractivity contribution in [3.05, 3.63) is 29.6 Å². The Morgan fingerprint density at radius 1 is 1.33 bits per heavy atom. The highest BCUT2D eigenvalue weighted by Gasteiger charge is 2.12. The van der Waals surface area contributed by atoms with Crippen molar-refractivity contribution in [2.24, 2.45) is 7.05 Å². The van der Waals surface area contributed by atoms with Gasteiger partial charge in [0.15, 0.2) is 0 Å². The van der Waals surface area contributed by atoms with Gasteiger partial charge in [-0.25, -0.2) is 18.1 Å². The van der Waals surface area contributed by atoms with Crippen molar-refractivity contribution in [2.45, 2.75) is 39.7 Å². The van der Waals surface area contributed by atoms with Crippen molar-refractivity contribution in [2.75, 3.05) is 5.75 Å². The van der Waals surface area contributed by atoms with Crippen LogP contribution in [0.4, 0.5) is 0 Å². The number of hydrogen-bond donors (Lipinski definition) is 1. The molecular weight excluding hydrogens is 286 g/mol. The molecule has 21 heavy (non-hydrogen) atoms. The van der Waals surface area contributed by atoms with Gasteiger partial charge in [-0.1, -0.05) is 26.8 Å². The fourth-order valence-electron chi connectivity index (χ4n) is 2.42. The number of sulfonamides is 1. The van der Waals surface area contributed by atoms with E-state index in [-0.39, 0.29) is 5.75 Å².